The summed E-state index contributed by atoms with van der Waals surface area (Å²) in [6, 6.07) is 31.0. The summed E-state index contributed by atoms with van der Waals surface area (Å²) in [6.07, 6.45) is 2.78. The third-order valence-corrected chi connectivity index (χ3v) is 8.56. The first kappa shape index (κ1) is 23.2. The minimum atomic E-state index is -2.01. The van der Waals surface area contributed by atoms with Crippen molar-refractivity contribution < 1.29 is 14.0 Å². The first-order valence-electron chi connectivity index (χ1n) is 11.6. The lowest BCUT2D eigenvalue weighted by Crippen LogP contribution is -2.50. The zero-order chi connectivity index (χ0) is 23.3. The second-order valence-corrected chi connectivity index (χ2v) is 12.2. The van der Waals surface area contributed by atoms with Crippen LogP contribution in [0, 0.1) is 5.41 Å². The van der Waals surface area contributed by atoms with E-state index in [9.17, 15) is 4.79 Å². The van der Waals surface area contributed by atoms with Gasteiger partial charge in [0.15, 0.2) is 6.10 Å². The van der Waals surface area contributed by atoms with Crippen LogP contribution in [0.1, 0.15) is 39.2 Å². The van der Waals surface area contributed by atoms with E-state index in [2.05, 4.69) is 69.3 Å². The third-order valence-electron chi connectivity index (χ3n) is 5.96. The lowest BCUT2D eigenvalue weighted by atomic mass is 9.87. The average molecular weight is 457 g/mol. The standard InChI is InChI=1S/C29H32O3Si/c1-29(2,3)20-19-26(28-25(21-27(30)31-28)22-13-7-4-8-14-22)32-33(23-15-9-5-10-16-23)24-17-11-6-12-18-24/h4-18,21,26,28,33H,19-20H2,1-3H3. The van der Waals surface area contributed by atoms with Crippen molar-refractivity contribution >= 4 is 31.0 Å². The fourth-order valence-corrected chi connectivity index (χ4v) is 6.70. The highest BCUT2D eigenvalue weighted by molar-refractivity contribution is 6.80. The molecule has 1 heterocycles. The van der Waals surface area contributed by atoms with E-state index in [4.69, 9.17) is 9.16 Å². The van der Waals surface area contributed by atoms with Gasteiger partial charge in [0.05, 0.1) is 6.10 Å². The van der Waals surface area contributed by atoms with Crippen molar-refractivity contribution in [1.82, 2.24) is 0 Å². The number of hydrogen-bond donors (Lipinski definition) is 0. The number of benzene rings is 3. The van der Waals surface area contributed by atoms with E-state index in [1.54, 1.807) is 6.08 Å². The smallest absolute Gasteiger partial charge is 0.331 e. The van der Waals surface area contributed by atoms with E-state index in [0.29, 0.717) is 0 Å². The van der Waals surface area contributed by atoms with Gasteiger partial charge in [0.1, 0.15) is 0 Å². The summed E-state index contributed by atoms with van der Waals surface area (Å²) in [6.45, 7) is 6.71. The summed E-state index contributed by atoms with van der Waals surface area (Å²) in [4.78, 5) is 12.4. The van der Waals surface area contributed by atoms with E-state index in [-0.39, 0.29) is 17.5 Å². The maximum Gasteiger partial charge on any atom is 0.331 e. The Labute approximate surface area is 198 Å². The largest absolute Gasteiger partial charge is 0.452 e. The van der Waals surface area contributed by atoms with Gasteiger partial charge in [-0.15, -0.1) is 0 Å². The fraction of sp³-hybridized carbons (Fsp3) is 0.276. The maximum absolute atomic E-state index is 12.4. The van der Waals surface area contributed by atoms with Gasteiger partial charge in [-0.05, 0) is 34.2 Å². The number of carbonyl (C=O) groups excluding carboxylic acids is 1. The Hall–Kier alpha value is -2.95. The molecule has 2 atom stereocenters. The molecule has 0 amide bonds. The summed E-state index contributed by atoms with van der Waals surface area (Å²) >= 11 is 0. The molecule has 0 N–H and O–H groups in total. The Balaban J connectivity index is 1.70. The van der Waals surface area contributed by atoms with Crippen LogP contribution >= 0.6 is 0 Å². The van der Waals surface area contributed by atoms with Gasteiger partial charge in [-0.3, -0.25) is 0 Å². The van der Waals surface area contributed by atoms with E-state index in [1.807, 2.05) is 42.5 Å². The molecule has 3 nitrogen and oxygen atoms in total. The SMILES string of the molecule is CC(C)(C)CCC(O[SiH](c1ccccc1)c1ccccc1)C1OC(=O)C=C1c1ccccc1. The first-order chi connectivity index (χ1) is 15.9. The Morgan fingerprint density at radius 1 is 0.848 bits per heavy atom. The van der Waals surface area contributed by atoms with Crippen molar-refractivity contribution in [3.8, 4) is 0 Å². The molecule has 33 heavy (non-hydrogen) atoms. The van der Waals surface area contributed by atoms with Crippen molar-refractivity contribution in [2.45, 2.75) is 45.8 Å². The van der Waals surface area contributed by atoms with Gasteiger partial charge in [-0.1, -0.05) is 112 Å². The quantitative estimate of drug-likeness (QED) is 0.363. The minimum Gasteiger partial charge on any atom is -0.452 e. The molecule has 1 aliphatic rings. The summed E-state index contributed by atoms with van der Waals surface area (Å²) in [5.74, 6) is -0.291. The van der Waals surface area contributed by atoms with Crippen LogP contribution in [0.2, 0.25) is 0 Å². The molecule has 2 unspecified atom stereocenters. The Morgan fingerprint density at radius 3 is 1.88 bits per heavy atom. The zero-order valence-electron chi connectivity index (χ0n) is 19.6. The second-order valence-electron chi connectivity index (χ2n) is 9.80. The van der Waals surface area contributed by atoms with Crippen molar-refractivity contribution in [3.05, 3.63) is 103 Å². The summed E-state index contributed by atoms with van der Waals surface area (Å²) in [5, 5.41) is 2.44. The Kier molecular flexibility index (Phi) is 7.26. The van der Waals surface area contributed by atoms with Gasteiger partial charge in [0, 0.05) is 11.6 Å². The van der Waals surface area contributed by atoms with Crippen LogP contribution in [-0.2, 0) is 14.0 Å². The lowest BCUT2D eigenvalue weighted by molar-refractivity contribution is -0.141. The van der Waals surface area contributed by atoms with Gasteiger partial charge in [0.25, 0.3) is 0 Å². The predicted molar refractivity (Wildman–Crippen MR) is 137 cm³/mol. The van der Waals surface area contributed by atoms with Crippen LogP contribution in [0.15, 0.2) is 97.1 Å². The number of esters is 1. The highest BCUT2D eigenvalue weighted by Crippen LogP contribution is 2.33. The predicted octanol–water partition coefficient (Wildman–Crippen LogP) is 4.75. The van der Waals surface area contributed by atoms with E-state index in [1.165, 1.54) is 10.4 Å². The molecule has 3 aromatic rings. The Morgan fingerprint density at radius 2 is 1.36 bits per heavy atom. The topological polar surface area (TPSA) is 35.5 Å². The normalized spacial score (nSPS) is 17.0. The fourth-order valence-electron chi connectivity index (χ4n) is 4.23. The molecule has 0 fully saturated rings. The number of hydrogen-bond acceptors (Lipinski definition) is 3. The number of ether oxygens (including phenoxy) is 1. The van der Waals surface area contributed by atoms with E-state index >= 15 is 0 Å². The van der Waals surface area contributed by atoms with Crippen molar-refractivity contribution in [1.29, 1.82) is 0 Å². The van der Waals surface area contributed by atoms with Crippen LogP contribution < -0.4 is 10.4 Å². The molecule has 3 aromatic carbocycles. The molecule has 0 bridgehead atoms. The maximum atomic E-state index is 12.4. The monoisotopic (exact) mass is 456 g/mol. The van der Waals surface area contributed by atoms with Gasteiger partial charge in [0.2, 0.25) is 9.04 Å². The molecule has 0 spiro atoms. The molecule has 0 aliphatic carbocycles. The highest BCUT2D eigenvalue weighted by atomic mass is 28.3. The lowest BCUT2D eigenvalue weighted by Gasteiger charge is -2.32. The summed E-state index contributed by atoms with van der Waals surface area (Å²) < 4.78 is 12.9. The molecule has 4 rings (SSSR count). The second kappa shape index (κ2) is 10.3. The molecule has 0 saturated carbocycles. The third kappa shape index (κ3) is 6.09. The Bertz CT molecular complexity index is 1030. The number of carbonyl (C=O) groups is 1. The van der Waals surface area contributed by atoms with Gasteiger partial charge >= 0.3 is 5.97 Å². The summed E-state index contributed by atoms with van der Waals surface area (Å²) in [5.41, 5.74) is 2.07. The van der Waals surface area contributed by atoms with Crippen LogP contribution in [0.3, 0.4) is 0 Å². The van der Waals surface area contributed by atoms with Crippen LogP contribution in [0.4, 0.5) is 0 Å². The molecular weight excluding hydrogens is 424 g/mol. The van der Waals surface area contributed by atoms with E-state index < -0.39 is 15.1 Å². The van der Waals surface area contributed by atoms with Gasteiger partial charge < -0.3 is 9.16 Å². The molecule has 4 heteroatoms. The van der Waals surface area contributed by atoms with Crippen molar-refractivity contribution in [3.63, 3.8) is 0 Å². The number of cyclic esters (lactones) is 1. The molecule has 0 radical (unpaired) electrons. The van der Waals surface area contributed by atoms with Gasteiger partial charge in [-0.25, -0.2) is 4.79 Å². The first-order valence-corrected chi connectivity index (χ1v) is 13.3. The van der Waals surface area contributed by atoms with Gasteiger partial charge in [-0.2, -0.15) is 0 Å². The molecular formula is C29H32O3Si. The van der Waals surface area contributed by atoms with Crippen molar-refractivity contribution in [2.24, 2.45) is 5.41 Å². The molecule has 1 aliphatic heterocycles. The van der Waals surface area contributed by atoms with Crippen LogP contribution in [0.5, 0.6) is 0 Å². The highest BCUT2D eigenvalue weighted by Gasteiger charge is 2.37. The minimum absolute atomic E-state index is 0.150. The molecule has 0 aromatic heterocycles. The van der Waals surface area contributed by atoms with Crippen LogP contribution in [0.25, 0.3) is 5.57 Å². The summed E-state index contributed by atoms with van der Waals surface area (Å²) in [7, 11) is -2.01. The average Bonchev–Trinajstić information content (AvgIpc) is 3.22. The van der Waals surface area contributed by atoms with Crippen LogP contribution in [-0.4, -0.2) is 27.2 Å². The zero-order valence-corrected chi connectivity index (χ0v) is 20.8. The molecule has 0 saturated heterocycles. The molecule has 170 valence electrons. The number of rotatable bonds is 8. The van der Waals surface area contributed by atoms with E-state index in [0.717, 1.165) is 24.0 Å². The van der Waals surface area contributed by atoms with Crippen molar-refractivity contribution in [2.75, 3.05) is 0 Å².